The van der Waals surface area contributed by atoms with E-state index in [0.29, 0.717) is 6.54 Å². The predicted octanol–water partition coefficient (Wildman–Crippen LogP) is 4.59. The summed E-state index contributed by atoms with van der Waals surface area (Å²) in [6, 6.07) is 15.1. The van der Waals surface area contributed by atoms with E-state index in [2.05, 4.69) is 82.1 Å². The Morgan fingerprint density at radius 1 is 1.00 bits per heavy atom. The molecule has 0 saturated carbocycles. The topological polar surface area (TPSA) is 77.3 Å². The molecule has 27 heavy (non-hydrogen) atoms. The van der Waals surface area contributed by atoms with Crippen LogP contribution < -0.4 is 11.5 Å². The van der Waals surface area contributed by atoms with Crippen molar-refractivity contribution in [3.05, 3.63) is 64.8 Å². The van der Waals surface area contributed by atoms with Gasteiger partial charge in [0.25, 0.3) is 0 Å². The van der Waals surface area contributed by atoms with Gasteiger partial charge in [0.05, 0.1) is 17.9 Å². The Bertz CT molecular complexity index is 1020. The molecule has 0 atom stereocenters. The maximum atomic E-state index is 5.56. The Labute approximate surface area is 161 Å². The van der Waals surface area contributed by atoms with Gasteiger partial charge in [-0.05, 0) is 59.5 Å². The third-order valence-electron chi connectivity index (χ3n) is 4.96. The second-order valence-electron chi connectivity index (χ2n) is 8.18. The molecule has 140 valence electrons. The first-order valence-corrected chi connectivity index (χ1v) is 9.22. The molecule has 0 aliphatic rings. The van der Waals surface area contributed by atoms with Crippen molar-refractivity contribution in [2.24, 2.45) is 16.5 Å². The van der Waals surface area contributed by atoms with Crippen LogP contribution in [0.4, 0.5) is 0 Å². The van der Waals surface area contributed by atoms with Gasteiger partial charge in [-0.3, -0.25) is 4.98 Å². The molecule has 4 heteroatoms. The molecule has 0 unspecified atom stereocenters. The smallest absolute Gasteiger partial charge is 0.186 e. The van der Waals surface area contributed by atoms with Crippen LogP contribution in [0.1, 0.15) is 43.2 Å². The predicted molar refractivity (Wildman–Crippen MR) is 115 cm³/mol. The fourth-order valence-corrected chi connectivity index (χ4v) is 3.17. The number of hydrogen-bond acceptors (Lipinski definition) is 2. The highest BCUT2D eigenvalue weighted by molar-refractivity contribution is 5.89. The lowest BCUT2D eigenvalue weighted by Crippen LogP contribution is -2.22. The van der Waals surface area contributed by atoms with Crippen LogP contribution in [-0.4, -0.2) is 10.9 Å². The molecule has 0 amide bonds. The van der Waals surface area contributed by atoms with Crippen LogP contribution in [0.15, 0.2) is 47.5 Å². The Morgan fingerprint density at radius 3 is 2.37 bits per heavy atom. The number of aryl methyl sites for hydroxylation is 2. The van der Waals surface area contributed by atoms with Crippen molar-refractivity contribution < 1.29 is 0 Å². The molecule has 0 aliphatic carbocycles. The van der Waals surface area contributed by atoms with Crippen LogP contribution in [0.5, 0.6) is 0 Å². The molecule has 0 radical (unpaired) electrons. The Hall–Kier alpha value is -2.88. The quantitative estimate of drug-likeness (QED) is 0.530. The molecule has 4 nitrogen and oxygen atoms in total. The fraction of sp³-hybridized carbons (Fsp3) is 0.304. The zero-order valence-electron chi connectivity index (χ0n) is 16.8. The van der Waals surface area contributed by atoms with Crippen molar-refractivity contribution >= 4 is 16.7 Å². The zero-order valence-corrected chi connectivity index (χ0v) is 16.8. The van der Waals surface area contributed by atoms with Crippen LogP contribution >= 0.6 is 0 Å². The molecule has 2 aromatic carbocycles. The van der Waals surface area contributed by atoms with Crippen molar-refractivity contribution in [2.45, 2.75) is 46.6 Å². The van der Waals surface area contributed by atoms with Crippen molar-refractivity contribution in [2.75, 3.05) is 0 Å². The van der Waals surface area contributed by atoms with Crippen molar-refractivity contribution in [3.8, 4) is 11.3 Å². The van der Waals surface area contributed by atoms with Crippen LogP contribution in [0.3, 0.4) is 0 Å². The minimum atomic E-state index is 0.0777. The fourth-order valence-electron chi connectivity index (χ4n) is 3.17. The van der Waals surface area contributed by atoms with E-state index in [1.807, 2.05) is 0 Å². The van der Waals surface area contributed by atoms with E-state index in [0.717, 1.165) is 27.7 Å². The SMILES string of the molecule is Cc1cc2cc(-c3cccc(C(C)(C)C)c3)nc(CN=C(N)N)c2cc1C. The first-order valence-electron chi connectivity index (χ1n) is 9.22. The molecule has 0 fully saturated rings. The number of aliphatic imine (C=N–C) groups is 1. The average molecular weight is 361 g/mol. The third-order valence-corrected chi connectivity index (χ3v) is 4.96. The number of nitrogens with two attached hydrogens (primary N) is 2. The van der Waals surface area contributed by atoms with E-state index < -0.39 is 0 Å². The molecule has 3 aromatic rings. The number of aromatic nitrogens is 1. The lowest BCUT2D eigenvalue weighted by atomic mass is 9.86. The molecule has 1 aromatic heterocycles. The number of benzene rings is 2. The average Bonchev–Trinajstić information content (AvgIpc) is 2.60. The van der Waals surface area contributed by atoms with Gasteiger partial charge in [0.2, 0.25) is 0 Å². The van der Waals surface area contributed by atoms with Crippen molar-refractivity contribution in [3.63, 3.8) is 0 Å². The Morgan fingerprint density at radius 2 is 1.70 bits per heavy atom. The van der Waals surface area contributed by atoms with Gasteiger partial charge in [-0.25, -0.2) is 4.99 Å². The van der Waals surface area contributed by atoms with Gasteiger partial charge in [0.1, 0.15) is 0 Å². The molecule has 0 bridgehead atoms. The van der Waals surface area contributed by atoms with Gasteiger partial charge in [-0.1, -0.05) is 45.0 Å². The number of fused-ring (bicyclic) bond motifs is 1. The molecule has 4 N–H and O–H groups in total. The summed E-state index contributed by atoms with van der Waals surface area (Å²) in [5, 5.41) is 2.25. The molecule has 0 saturated heterocycles. The van der Waals surface area contributed by atoms with Crippen LogP contribution in [0.2, 0.25) is 0 Å². The summed E-state index contributed by atoms with van der Waals surface area (Å²) in [6.45, 7) is 11.3. The summed E-state index contributed by atoms with van der Waals surface area (Å²) < 4.78 is 0. The summed E-state index contributed by atoms with van der Waals surface area (Å²) in [5.41, 5.74) is 17.9. The number of nitrogens with zero attached hydrogens (tertiary/aromatic N) is 2. The van der Waals surface area contributed by atoms with Crippen LogP contribution in [0.25, 0.3) is 22.0 Å². The van der Waals surface area contributed by atoms with Crippen LogP contribution in [0, 0.1) is 13.8 Å². The first-order chi connectivity index (χ1) is 12.6. The van der Waals surface area contributed by atoms with Gasteiger partial charge in [0, 0.05) is 10.9 Å². The van der Waals surface area contributed by atoms with Crippen molar-refractivity contribution in [1.29, 1.82) is 0 Å². The summed E-state index contributed by atoms with van der Waals surface area (Å²) in [4.78, 5) is 9.12. The van der Waals surface area contributed by atoms with E-state index in [4.69, 9.17) is 16.5 Å². The van der Waals surface area contributed by atoms with E-state index in [1.165, 1.54) is 16.7 Å². The highest BCUT2D eigenvalue weighted by Crippen LogP contribution is 2.30. The molecule has 1 heterocycles. The standard InChI is InChI=1S/C23H28N4/c1-14-9-17-12-20(16-7-6-8-18(11-16)23(3,4)5)27-21(13-26-22(24)25)19(17)10-15(14)2/h6-12H,13H2,1-5H3,(H4,24,25,26). The van der Waals surface area contributed by atoms with Gasteiger partial charge in [-0.2, -0.15) is 0 Å². The summed E-state index contributed by atoms with van der Waals surface area (Å²) in [6.07, 6.45) is 0. The van der Waals surface area contributed by atoms with Gasteiger partial charge in [0.15, 0.2) is 5.96 Å². The first kappa shape index (κ1) is 18.9. The lowest BCUT2D eigenvalue weighted by Gasteiger charge is -2.20. The minimum absolute atomic E-state index is 0.0777. The zero-order chi connectivity index (χ0) is 19.8. The highest BCUT2D eigenvalue weighted by atomic mass is 15.0. The summed E-state index contributed by atoms with van der Waals surface area (Å²) >= 11 is 0. The second-order valence-corrected chi connectivity index (χ2v) is 8.18. The molecule has 3 rings (SSSR count). The summed E-state index contributed by atoms with van der Waals surface area (Å²) in [7, 11) is 0. The monoisotopic (exact) mass is 360 g/mol. The maximum Gasteiger partial charge on any atom is 0.186 e. The molecule has 0 spiro atoms. The van der Waals surface area contributed by atoms with E-state index in [9.17, 15) is 0 Å². The largest absolute Gasteiger partial charge is 0.370 e. The van der Waals surface area contributed by atoms with E-state index in [-0.39, 0.29) is 11.4 Å². The van der Waals surface area contributed by atoms with Gasteiger partial charge < -0.3 is 11.5 Å². The van der Waals surface area contributed by atoms with Gasteiger partial charge in [-0.15, -0.1) is 0 Å². The second kappa shape index (κ2) is 7.03. The lowest BCUT2D eigenvalue weighted by molar-refractivity contribution is 0.590. The number of pyridine rings is 1. The van der Waals surface area contributed by atoms with Gasteiger partial charge >= 0.3 is 0 Å². The van der Waals surface area contributed by atoms with Crippen molar-refractivity contribution in [1.82, 2.24) is 4.98 Å². The number of hydrogen-bond donors (Lipinski definition) is 2. The normalized spacial score (nSPS) is 11.6. The van der Waals surface area contributed by atoms with E-state index in [1.54, 1.807) is 0 Å². The number of rotatable bonds is 3. The van der Waals surface area contributed by atoms with Crippen LogP contribution in [-0.2, 0) is 12.0 Å². The molecular weight excluding hydrogens is 332 g/mol. The maximum absolute atomic E-state index is 5.56. The minimum Gasteiger partial charge on any atom is -0.370 e. The summed E-state index contributed by atoms with van der Waals surface area (Å²) in [5.74, 6) is 0.0777. The van der Waals surface area contributed by atoms with E-state index >= 15 is 0 Å². The Balaban J connectivity index is 2.22. The molecular formula is C23H28N4. The Kier molecular flexibility index (Phi) is 4.92. The number of guanidine groups is 1. The molecule has 0 aliphatic heterocycles. The third kappa shape index (κ3) is 4.11. The highest BCUT2D eigenvalue weighted by Gasteiger charge is 2.15.